The van der Waals surface area contributed by atoms with E-state index in [9.17, 15) is 4.79 Å². The molecule has 0 aromatic carbocycles. The van der Waals surface area contributed by atoms with E-state index in [1.807, 2.05) is 0 Å². The SMILES string of the molecule is CCCC1CCc2nc(NC(=O)CNC)sc2C1. The maximum absolute atomic E-state index is 11.5. The largest absolute Gasteiger partial charge is 0.311 e. The third-order valence-electron chi connectivity index (χ3n) is 3.32. The van der Waals surface area contributed by atoms with Crippen LogP contribution >= 0.6 is 11.3 Å². The minimum atomic E-state index is -0.0197. The number of anilines is 1. The number of nitrogens with one attached hydrogen (secondary N) is 2. The van der Waals surface area contributed by atoms with E-state index in [2.05, 4.69) is 22.5 Å². The fraction of sp³-hybridized carbons (Fsp3) is 0.692. The number of carbonyl (C=O) groups excluding carboxylic acids is 1. The highest BCUT2D eigenvalue weighted by molar-refractivity contribution is 7.15. The van der Waals surface area contributed by atoms with Gasteiger partial charge in [-0.25, -0.2) is 4.98 Å². The van der Waals surface area contributed by atoms with Crippen LogP contribution in [0.15, 0.2) is 0 Å². The monoisotopic (exact) mass is 267 g/mol. The Kier molecular flexibility index (Phi) is 4.72. The normalized spacial score (nSPS) is 18.4. The summed E-state index contributed by atoms with van der Waals surface area (Å²) in [6.07, 6.45) is 6.01. The molecule has 1 amide bonds. The first-order valence-corrected chi connectivity index (χ1v) is 7.47. The molecule has 2 N–H and O–H groups in total. The molecule has 0 saturated carbocycles. The fourth-order valence-corrected chi connectivity index (χ4v) is 3.61. The Bertz CT molecular complexity index is 416. The summed E-state index contributed by atoms with van der Waals surface area (Å²) >= 11 is 1.65. The van der Waals surface area contributed by atoms with Gasteiger partial charge in [0, 0.05) is 4.88 Å². The Balaban J connectivity index is 1.99. The van der Waals surface area contributed by atoms with Crippen LogP contribution in [0.25, 0.3) is 0 Å². The smallest absolute Gasteiger partial charge is 0.240 e. The molecule has 0 spiro atoms. The van der Waals surface area contributed by atoms with Gasteiger partial charge < -0.3 is 10.6 Å². The van der Waals surface area contributed by atoms with Crippen LogP contribution < -0.4 is 10.6 Å². The lowest BCUT2D eigenvalue weighted by atomic mass is 9.88. The van der Waals surface area contributed by atoms with E-state index >= 15 is 0 Å². The standard InChI is InChI=1S/C13H21N3OS/c1-3-4-9-5-6-10-11(7-9)18-13(15-10)16-12(17)8-14-2/h9,14H,3-8H2,1-2H3,(H,15,16,17). The third-order valence-corrected chi connectivity index (χ3v) is 4.36. The summed E-state index contributed by atoms with van der Waals surface area (Å²) in [7, 11) is 1.77. The van der Waals surface area contributed by atoms with E-state index in [1.54, 1.807) is 18.4 Å². The summed E-state index contributed by atoms with van der Waals surface area (Å²) in [5.74, 6) is 0.789. The molecular weight excluding hydrogens is 246 g/mol. The second kappa shape index (κ2) is 6.29. The highest BCUT2D eigenvalue weighted by atomic mass is 32.1. The molecule has 1 unspecified atom stereocenters. The summed E-state index contributed by atoms with van der Waals surface area (Å²) in [5.41, 5.74) is 1.20. The van der Waals surface area contributed by atoms with Crippen molar-refractivity contribution < 1.29 is 4.79 Å². The van der Waals surface area contributed by atoms with Gasteiger partial charge in [-0.1, -0.05) is 19.8 Å². The van der Waals surface area contributed by atoms with Gasteiger partial charge in [0.15, 0.2) is 5.13 Å². The number of fused-ring (bicyclic) bond motifs is 1. The average Bonchev–Trinajstić information content (AvgIpc) is 2.71. The Morgan fingerprint density at radius 3 is 3.11 bits per heavy atom. The second-order valence-corrected chi connectivity index (χ2v) is 5.95. The molecule has 1 atom stereocenters. The number of carbonyl (C=O) groups is 1. The number of hydrogen-bond acceptors (Lipinski definition) is 4. The lowest BCUT2D eigenvalue weighted by molar-refractivity contribution is -0.115. The van der Waals surface area contributed by atoms with Gasteiger partial charge in [0.2, 0.25) is 5.91 Å². The molecule has 1 aliphatic rings. The Labute approximate surface area is 112 Å². The number of amides is 1. The summed E-state index contributed by atoms with van der Waals surface area (Å²) in [4.78, 5) is 17.4. The van der Waals surface area contributed by atoms with Gasteiger partial charge in [-0.15, -0.1) is 11.3 Å². The molecule has 0 fully saturated rings. The quantitative estimate of drug-likeness (QED) is 0.860. The predicted molar refractivity (Wildman–Crippen MR) is 75.1 cm³/mol. The van der Waals surface area contributed by atoms with Crippen LogP contribution in [0.3, 0.4) is 0 Å². The van der Waals surface area contributed by atoms with Gasteiger partial charge in [-0.3, -0.25) is 4.79 Å². The first-order valence-electron chi connectivity index (χ1n) is 6.66. The van der Waals surface area contributed by atoms with Gasteiger partial charge in [0.25, 0.3) is 0 Å². The second-order valence-electron chi connectivity index (χ2n) is 4.86. The van der Waals surface area contributed by atoms with Crippen LogP contribution in [0.2, 0.25) is 0 Å². The number of nitrogens with zero attached hydrogens (tertiary/aromatic N) is 1. The van der Waals surface area contributed by atoms with Crippen molar-refractivity contribution >= 4 is 22.4 Å². The molecular formula is C13H21N3OS. The molecule has 5 heteroatoms. The summed E-state index contributed by atoms with van der Waals surface area (Å²) in [6, 6.07) is 0. The highest BCUT2D eigenvalue weighted by Gasteiger charge is 2.22. The van der Waals surface area contributed by atoms with Crippen LogP contribution in [0.1, 0.15) is 36.8 Å². The van der Waals surface area contributed by atoms with E-state index < -0.39 is 0 Å². The van der Waals surface area contributed by atoms with E-state index in [4.69, 9.17) is 0 Å². The average molecular weight is 267 g/mol. The van der Waals surface area contributed by atoms with Crippen molar-refractivity contribution in [2.24, 2.45) is 5.92 Å². The number of rotatable bonds is 5. The van der Waals surface area contributed by atoms with Crippen molar-refractivity contribution in [3.8, 4) is 0 Å². The molecule has 1 aromatic heterocycles. The fourth-order valence-electron chi connectivity index (χ4n) is 2.48. The lowest BCUT2D eigenvalue weighted by Gasteiger charge is -2.19. The molecule has 0 radical (unpaired) electrons. The van der Waals surface area contributed by atoms with Gasteiger partial charge >= 0.3 is 0 Å². The first kappa shape index (κ1) is 13.5. The summed E-state index contributed by atoms with van der Waals surface area (Å²) in [5, 5.41) is 6.45. The van der Waals surface area contributed by atoms with Crippen LogP contribution in [-0.4, -0.2) is 24.5 Å². The molecule has 4 nitrogen and oxygen atoms in total. The molecule has 18 heavy (non-hydrogen) atoms. The molecule has 2 rings (SSSR count). The van der Waals surface area contributed by atoms with Crippen LogP contribution in [0.4, 0.5) is 5.13 Å². The number of thiazole rings is 1. The van der Waals surface area contributed by atoms with Crippen molar-refractivity contribution in [3.63, 3.8) is 0 Å². The summed E-state index contributed by atoms with van der Waals surface area (Å²) < 4.78 is 0. The van der Waals surface area contributed by atoms with E-state index in [-0.39, 0.29) is 5.91 Å². The number of hydrogen-bond donors (Lipinski definition) is 2. The lowest BCUT2D eigenvalue weighted by Crippen LogP contribution is -2.24. The third kappa shape index (κ3) is 3.29. The molecule has 1 heterocycles. The van der Waals surface area contributed by atoms with Gasteiger partial charge in [-0.05, 0) is 32.2 Å². The highest BCUT2D eigenvalue weighted by Crippen LogP contribution is 2.33. The van der Waals surface area contributed by atoms with Crippen LogP contribution in [-0.2, 0) is 17.6 Å². The van der Waals surface area contributed by atoms with Gasteiger partial charge in [-0.2, -0.15) is 0 Å². The minimum Gasteiger partial charge on any atom is -0.311 e. The Hall–Kier alpha value is -0.940. The van der Waals surface area contributed by atoms with Crippen molar-refractivity contribution in [2.75, 3.05) is 18.9 Å². The zero-order valence-electron chi connectivity index (χ0n) is 11.1. The predicted octanol–water partition coefficient (Wildman–Crippen LogP) is 2.21. The zero-order chi connectivity index (χ0) is 13.0. The summed E-state index contributed by atoms with van der Waals surface area (Å²) in [6.45, 7) is 2.58. The van der Waals surface area contributed by atoms with Crippen molar-refractivity contribution in [1.29, 1.82) is 0 Å². The van der Waals surface area contributed by atoms with Crippen molar-refractivity contribution in [3.05, 3.63) is 10.6 Å². The number of likely N-dealkylation sites (N-methyl/N-ethyl adjacent to an activating group) is 1. The van der Waals surface area contributed by atoms with Gasteiger partial charge in [0.05, 0.1) is 12.2 Å². The Morgan fingerprint density at radius 1 is 1.56 bits per heavy atom. The maximum atomic E-state index is 11.5. The van der Waals surface area contributed by atoms with E-state index in [1.165, 1.54) is 29.8 Å². The topological polar surface area (TPSA) is 54.0 Å². The van der Waals surface area contributed by atoms with Crippen LogP contribution in [0.5, 0.6) is 0 Å². The van der Waals surface area contributed by atoms with E-state index in [0.29, 0.717) is 6.54 Å². The maximum Gasteiger partial charge on any atom is 0.240 e. The van der Waals surface area contributed by atoms with Gasteiger partial charge in [0.1, 0.15) is 0 Å². The molecule has 1 aromatic rings. The molecule has 0 aliphatic heterocycles. The minimum absolute atomic E-state index is 0.0197. The van der Waals surface area contributed by atoms with Crippen LogP contribution in [0, 0.1) is 5.92 Å². The van der Waals surface area contributed by atoms with Crippen molar-refractivity contribution in [1.82, 2.24) is 10.3 Å². The Morgan fingerprint density at radius 2 is 2.39 bits per heavy atom. The first-order chi connectivity index (χ1) is 8.72. The number of aryl methyl sites for hydroxylation is 1. The van der Waals surface area contributed by atoms with Crippen molar-refractivity contribution in [2.45, 2.75) is 39.0 Å². The molecule has 0 bridgehead atoms. The zero-order valence-corrected chi connectivity index (χ0v) is 11.9. The van der Waals surface area contributed by atoms with E-state index in [0.717, 1.165) is 23.9 Å². The molecule has 100 valence electrons. The molecule has 0 saturated heterocycles. The number of aromatic nitrogens is 1. The molecule has 1 aliphatic carbocycles.